The number of aryl methyl sites for hydroxylation is 1. The highest BCUT2D eigenvalue weighted by molar-refractivity contribution is 5.83. The Morgan fingerprint density at radius 3 is 2.59 bits per heavy atom. The number of fused-ring (bicyclic) bond motifs is 3. The summed E-state index contributed by atoms with van der Waals surface area (Å²) < 4.78 is 5.56. The lowest BCUT2D eigenvalue weighted by Crippen LogP contribution is -2.51. The van der Waals surface area contributed by atoms with E-state index in [2.05, 4.69) is 34.3 Å². The summed E-state index contributed by atoms with van der Waals surface area (Å²) in [6.45, 7) is 8.69. The number of amides is 1. The first-order chi connectivity index (χ1) is 13.7. The van der Waals surface area contributed by atoms with Crippen LogP contribution in [0, 0.1) is 12.8 Å². The molecule has 6 heteroatoms. The zero-order valence-corrected chi connectivity index (χ0v) is 18.3. The average Bonchev–Trinajstić information content (AvgIpc) is 3.10. The third kappa shape index (κ3) is 4.27. The molecule has 0 unspecified atom stereocenters. The second-order valence-electron chi connectivity index (χ2n) is 9.89. The molecule has 0 saturated carbocycles. The maximum absolute atomic E-state index is 12.4. The van der Waals surface area contributed by atoms with Crippen LogP contribution >= 0.6 is 0 Å². The van der Waals surface area contributed by atoms with E-state index in [-0.39, 0.29) is 11.4 Å². The average molecular weight is 399 g/mol. The molecule has 2 aliphatic heterocycles. The second-order valence-corrected chi connectivity index (χ2v) is 9.89. The first kappa shape index (κ1) is 20.2. The Balaban J connectivity index is 1.42. The van der Waals surface area contributed by atoms with Gasteiger partial charge >= 0.3 is 0 Å². The van der Waals surface area contributed by atoms with Gasteiger partial charge in [0.2, 0.25) is 5.91 Å². The number of imidazole rings is 1. The molecule has 1 aromatic carbocycles. The molecule has 0 radical (unpaired) electrons. The number of ether oxygens (including phenoxy) is 1. The van der Waals surface area contributed by atoms with Crippen molar-refractivity contribution in [3.05, 3.63) is 23.5 Å². The molecule has 2 bridgehead atoms. The number of hydrogen-bond donors (Lipinski definition) is 2. The number of carbonyl (C=O) groups is 1. The highest BCUT2D eigenvalue weighted by Crippen LogP contribution is 2.40. The van der Waals surface area contributed by atoms with E-state index in [1.54, 1.807) is 7.11 Å². The van der Waals surface area contributed by atoms with Crippen molar-refractivity contribution in [1.82, 2.24) is 20.2 Å². The lowest BCUT2D eigenvalue weighted by Gasteiger charge is -2.38. The molecule has 1 aromatic heterocycles. The number of aromatic amines is 1. The second kappa shape index (κ2) is 7.63. The Labute approximate surface area is 173 Å². The Kier molecular flexibility index (Phi) is 5.32. The van der Waals surface area contributed by atoms with Gasteiger partial charge in [0, 0.05) is 24.0 Å². The van der Waals surface area contributed by atoms with Crippen molar-refractivity contribution in [2.45, 2.75) is 77.4 Å². The van der Waals surface area contributed by atoms with Crippen molar-refractivity contribution in [3.8, 4) is 5.75 Å². The van der Waals surface area contributed by atoms with Crippen molar-refractivity contribution in [1.29, 1.82) is 0 Å². The Bertz CT molecular complexity index is 884. The van der Waals surface area contributed by atoms with Crippen LogP contribution in [0.25, 0.3) is 11.0 Å². The molecule has 2 fully saturated rings. The van der Waals surface area contributed by atoms with Crippen molar-refractivity contribution in [3.63, 3.8) is 0 Å². The molecule has 3 atom stereocenters. The van der Waals surface area contributed by atoms with Gasteiger partial charge in [-0.05, 0) is 70.9 Å². The minimum Gasteiger partial charge on any atom is -0.494 e. The smallest absolute Gasteiger partial charge is 0.234 e. The topological polar surface area (TPSA) is 70.2 Å². The SMILES string of the molecule is COc1c(C)ccc2[nH]c(C[C@@H]3C[C@H]4CC[C@@H](C3)N4CC(=O)NC(C)(C)C)nc12. The number of H-pyrrole nitrogens is 1. The minimum absolute atomic E-state index is 0.146. The van der Waals surface area contributed by atoms with E-state index in [9.17, 15) is 4.79 Å². The summed E-state index contributed by atoms with van der Waals surface area (Å²) in [7, 11) is 1.71. The highest BCUT2D eigenvalue weighted by Gasteiger charge is 2.41. The highest BCUT2D eigenvalue weighted by atomic mass is 16.5. The number of nitrogens with zero attached hydrogens (tertiary/aromatic N) is 2. The number of carbonyl (C=O) groups excluding carboxylic acids is 1. The number of nitrogens with one attached hydrogen (secondary N) is 2. The van der Waals surface area contributed by atoms with Crippen molar-refractivity contribution >= 4 is 16.9 Å². The molecular formula is C23H34N4O2. The van der Waals surface area contributed by atoms with Gasteiger partial charge in [0.15, 0.2) is 0 Å². The van der Waals surface area contributed by atoms with Crippen LogP contribution in [0.5, 0.6) is 5.75 Å². The number of hydrogen-bond acceptors (Lipinski definition) is 4. The van der Waals surface area contributed by atoms with E-state index in [1.807, 2.05) is 20.8 Å². The fourth-order valence-electron chi connectivity index (χ4n) is 5.27. The van der Waals surface area contributed by atoms with Gasteiger partial charge < -0.3 is 15.0 Å². The zero-order chi connectivity index (χ0) is 20.8. The summed E-state index contributed by atoms with van der Waals surface area (Å²) in [5, 5.41) is 3.11. The van der Waals surface area contributed by atoms with Gasteiger partial charge in [-0.3, -0.25) is 9.69 Å². The molecule has 0 spiro atoms. The maximum Gasteiger partial charge on any atom is 0.234 e. The van der Waals surface area contributed by atoms with Crippen LogP contribution in [0.2, 0.25) is 0 Å². The van der Waals surface area contributed by atoms with Gasteiger partial charge in [-0.15, -0.1) is 0 Å². The monoisotopic (exact) mass is 398 g/mol. The predicted octanol–water partition coefficient (Wildman–Crippen LogP) is 3.58. The summed E-state index contributed by atoms with van der Waals surface area (Å²) >= 11 is 0. The van der Waals surface area contributed by atoms with E-state index >= 15 is 0 Å². The fraction of sp³-hybridized carbons (Fsp3) is 0.652. The molecule has 158 valence electrons. The first-order valence-corrected chi connectivity index (χ1v) is 10.8. The third-order valence-electron chi connectivity index (χ3n) is 6.36. The van der Waals surface area contributed by atoms with Crippen molar-refractivity contribution in [2.75, 3.05) is 13.7 Å². The van der Waals surface area contributed by atoms with Crippen LogP contribution < -0.4 is 10.1 Å². The van der Waals surface area contributed by atoms with Crippen molar-refractivity contribution in [2.24, 2.45) is 5.92 Å². The van der Waals surface area contributed by atoms with E-state index < -0.39 is 0 Å². The number of aromatic nitrogens is 2. The van der Waals surface area contributed by atoms with Crippen LogP contribution in [0.1, 0.15) is 57.8 Å². The molecular weight excluding hydrogens is 364 g/mol. The summed E-state index contributed by atoms with van der Waals surface area (Å²) in [4.78, 5) is 23.2. The molecule has 4 rings (SSSR count). The number of benzene rings is 1. The molecule has 1 amide bonds. The first-order valence-electron chi connectivity index (χ1n) is 10.8. The summed E-state index contributed by atoms with van der Waals surface area (Å²) in [5.74, 6) is 2.67. The van der Waals surface area contributed by atoms with Gasteiger partial charge in [-0.1, -0.05) is 6.07 Å². The van der Waals surface area contributed by atoms with Crippen LogP contribution in [-0.2, 0) is 11.2 Å². The lowest BCUT2D eigenvalue weighted by molar-refractivity contribution is -0.125. The fourth-order valence-corrected chi connectivity index (χ4v) is 5.27. The molecule has 6 nitrogen and oxygen atoms in total. The number of rotatable bonds is 5. The Hall–Kier alpha value is -2.08. The van der Waals surface area contributed by atoms with E-state index in [0.717, 1.165) is 47.4 Å². The lowest BCUT2D eigenvalue weighted by atomic mass is 9.88. The number of piperidine rings is 1. The van der Waals surface area contributed by atoms with E-state index in [1.165, 1.54) is 12.8 Å². The zero-order valence-electron chi connectivity index (χ0n) is 18.3. The van der Waals surface area contributed by atoms with Crippen LogP contribution in [0.4, 0.5) is 0 Å². The Morgan fingerprint density at radius 1 is 1.28 bits per heavy atom. The molecule has 2 saturated heterocycles. The summed E-state index contributed by atoms with van der Waals surface area (Å²) in [6.07, 6.45) is 5.67. The normalized spacial score (nSPS) is 24.8. The van der Waals surface area contributed by atoms with Gasteiger partial charge in [0.25, 0.3) is 0 Å². The molecule has 2 aliphatic rings. The minimum atomic E-state index is -0.171. The molecule has 3 heterocycles. The van der Waals surface area contributed by atoms with Gasteiger partial charge in [-0.2, -0.15) is 0 Å². The largest absolute Gasteiger partial charge is 0.494 e. The van der Waals surface area contributed by atoms with Gasteiger partial charge in [0.1, 0.15) is 17.1 Å². The predicted molar refractivity (Wildman–Crippen MR) is 115 cm³/mol. The van der Waals surface area contributed by atoms with Gasteiger partial charge in [-0.25, -0.2) is 4.98 Å². The molecule has 2 N–H and O–H groups in total. The summed E-state index contributed by atoms with van der Waals surface area (Å²) in [6, 6.07) is 5.20. The molecule has 2 aromatic rings. The van der Waals surface area contributed by atoms with Crippen molar-refractivity contribution < 1.29 is 9.53 Å². The maximum atomic E-state index is 12.4. The number of methoxy groups -OCH3 is 1. The van der Waals surface area contributed by atoms with Crippen LogP contribution in [0.15, 0.2) is 12.1 Å². The van der Waals surface area contributed by atoms with E-state index in [4.69, 9.17) is 9.72 Å². The third-order valence-corrected chi connectivity index (χ3v) is 6.36. The van der Waals surface area contributed by atoms with Crippen LogP contribution in [-0.4, -0.2) is 52.1 Å². The summed E-state index contributed by atoms with van der Waals surface area (Å²) in [5.41, 5.74) is 2.91. The molecule has 29 heavy (non-hydrogen) atoms. The molecule has 0 aliphatic carbocycles. The van der Waals surface area contributed by atoms with Gasteiger partial charge in [0.05, 0.1) is 19.2 Å². The van der Waals surface area contributed by atoms with Crippen LogP contribution in [0.3, 0.4) is 0 Å². The Morgan fingerprint density at radius 2 is 1.97 bits per heavy atom. The van der Waals surface area contributed by atoms with E-state index in [0.29, 0.717) is 24.5 Å². The quantitative estimate of drug-likeness (QED) is 0.808. The standard InChI is InChI=1S/C23H34N4O2/c1-14-6-9-18-21(22(14)29-5)25-19(24-18)12-15-10-16-7-8-17(11-15)27(16)13-20(28)26-23(2,3)4/h6,9,15-17H,7-8,10-13H2,1-5H3,(H,24,25)(H,26,28)/t15-,16-,17+.